The Hall–Kier alpha value is -1.76. The van der Waals surface area contributed by atoms with Gasteiger partial charge in [0, 0.05) is 0 Å². The van der Waals surface area contributed by atoms with E-state index in [1.165, 1.54) is 0 Å². The molecule has 0 bridgehead atoms. The van der Waals surface area contributed by atoms with Crippen LogP contribution in [0.15, 0.2) is 0 Å². The minimum atomic E-state index is -7.21. The number of carbonyl (C=O) groups is 2. The molecule has 22 heavy (non-hydrogen) atoms. The molecular weight excluding hydrogens is 350 g/mol. The van der Waals surface area contributed by atoms with Crippen LogP contribution in [0.1, 0.15) is 6.42 Å². The molecule has 0 saturated heterocycles. The average molecular weight is 354 g/mol. The molecule has 0 aromatic rings. The van der Waals surface area contributed by atoms with Crippen LogP contribution in [0.25, 0.3) is 0 Å². The van der Waals surface area contributed by atoms with E-state index >= 15 is 0 Å². The number of carboxylic acid groups (broad SMARTS) is 2. The maximum absolute atomic E-state index is 13.6. The molecule has 14 heteroatoms. The molecule has 0 amide bonds. The molecule has 130 valence electrons. The largest absolute Gasteiger partial charge is 0.477 e. The molecule has 0 rings (SSSR count). The van der Waals surface area contributed by atoms with Gasteiger partial charge in [-0.2, -0.15) is 39.5 Å². The van der Waals surface area contributed by atoms with Gasteiger partial charge in [-0.1, -0.05) is 0 Å². The van der Waals surface area contributed by atoms with Crippen LogP contribution in [0, 0.1) is 0 Å². The molecule has 0 aromatic carbocycles. The van der Waals surface area contributed by atoms with E-state index in [1.807, 2.05) is 0 Å². The van der Waals surface area contributed by atoms with Gasteiger partial charge in [0.25, 0.3) is 5.67 Å². The Morgan fingerprint density at radius 3 is 1.23 bits per heavy atom. The molecule has 0 fully saturated rings. The third-order valence-corrected chi connectivity index (χ3v) is 2.37. The molecule has 0 aliphatic heterocycles. The van der Waals surface area contributed by atoms with Gasteiger partial charge in [-0.3, -0.25) is 0 Å². The van der Waals surface area contributed by atoms with Crippen LogP contribution in [0.3, 0.4) is 0 Å². The lowest BCUT2D eigenvalue weighted by Crippen LogP contribution is -2.69. The van der Waals surface area contributed by atoms with Gasteiger partial charge in [-0.25, -0.2) is 14.0 Å². The van der Waals surface area contributed by atoms with Gasteiger partial charge in [0.1, 0.15) is 0 Å². The molecule has 1 atom stereocenters. The van der Waals surface area contributed by atoms with Crippen molar-refractivity contribution >= 4 is 11.9 Å². The number of aliphatic carboxylic acids is 2. The zero-order chi connectivity index (χ0) is 18.4. The first-order valence-electron chi connectivity index (χ1n) is 4.70. The molecular formula is C8H4F10O4. The van der Waals surface area contributed by atoms with Crippen LogP contribution >= 0.6 is 0 Å². The zero-order valence-corrected chi connectivity index (χ0v) is 9.70. The van der Waals surface area contributed by atoms with Gasteiger partial charge in [0.15, 0.2) is 0 Å². The summed E-state index contributed by atoms with van der Waals surface area (Å²) >= 11 is 0. The quantitative estimate of drug-likeness (QED) is 0.720. The van der Waals surface area contributed by atoms with E-state index in [0.29, 0.717) is 0 Å². The summed E-state index contributed by atoms with van der Waals surface area (Å²) < 4.78 is 127. The van der Waals surface area contributed by atoms with Crippen LogP contribution < -0.4 is 0 Å². The predicted octanol–water partition coefficient (Wildman–Crippen LogP) is 2.72. The van der Waals surface area contributed by atoms with E-state index < -0.39 is 48.0 Å². The Morgan fingerprint density at radius 2 is 1.00 bits per heavy atom. The van der Waals surface area contributed by atoms with Gasteiger partial charge in [-0.05, 0) is 0 Å². The van der Waals surface area contributed by atoms with Crippen molar-refractivity contribution in [1.29, 1.82) is 0 Å². The highest BCUT2D eigenvalue weighted by Crippen LogP contribution is 2.55. The molecule has 4 nitrogen and oxygen atoms in total. The number of carboxylic acids is 2. The van der Waals surface area contributed by atoms with Gasteiger partial charge >= 0.3 is 35.9 Å². The van der Waals surface area contributed by atoms with Crippen molar-refractivity contribution in [2.75, 3.05) is 0 Å². The summed E-state index contributed by atoms with van der Waals surface area (Å²) in [6.45, 7) is 0. The fourth-order valence-corrected chi connectivity index (χ4v) is 1.25. The van der Waals surface area contributed by atoms with Crippen molar-refractivity contribution in [3.05, 3.63) is 0 Å². The standard InChI is InChI=1S/C8H4F10O4/c9-4(1-5(10,11)12,6(13,14)2(19)20)8(17,18)7(15,16)3(21)22/h1H2,(H,19,20)(H,21,22). The molecule has 0 radical (unpaired) electrons. The second-order valence-electron chi connectivity index (χ2n) is 3.93. The molecule has 0 aliphatic carbocycles. The Kier molecular flexibility index (Phi) is 4.74. The molecule has 0 spiro atoms. The van der Waals surface area contributed by atoms with Gasteiger partial charge in [-0.15, -0.1) is 0 Å². The summed E-state index contributed by atoms with van der Waals surface area (Å²) in [5.41, 5.74) is -6.76. The molecule has 2 N–H and O–H groups in total. The fourth-order valence-electron chi connectivity index (χ4n) is 1.25. The van der Waals surface area contributed by atoms with Crippen LogP contribution in [0.4, 0.5) is 43.9 Å². The third kappa shape index (κ3) is 2.90. The maximum atomic E-state index is 13.6. The van der Waals surface area contributed by atoms with E-state index in [-0.39, 0.29) is 0 Å². The normalized spacial score (nSPS) is 17.0. The number of rotatable bonds is 6. The van der Waals surface area contributed by atoms with Crippen molar-refractivity contribution in [2.24, 2.45) is 0 Å². The van der Waals surface area contributed by atoms with Crippen molar-refractivity contribution in [3.8, 4) is 0 Å². The van der Waals surface area contributed by atoms with E-state index in [4.69, 9.17) is 10.2 Å². The molecule has 0 saturated carbocycles. The van der Waals surface area contributed by atoms with Crippen molar-refractivity contribution in [1.82, 2.24) is 0 Å². The van der Waals surface area contributed by atoms with E-state index in [0.717, 1.165) is 0 Å². The molecule has 0 aromatic heterocycles. The fraction of sp³-hybridized carbons (Fsp3) is 0.750. The zero-order valence-electron chi connectivity index (χ0n) is 9.70. The lowest BCUT2D eigenvalue weighted by molar-refractivity contribution is -0.332. The lowest BCUT2D eigenvalue weighted by Gasteiger charge is -2.39. The second kappa shape index (κ2) is 5.15. The number of halogens is 10. The summed E-state index contributed by atoms with van der Waals surface area (Å²) in [5, 5.41) is 15.6. The first-order chi connectivity index (χ1) is 9.34. The average Bonchev–Trinajstić information content (AvgIpc) is 2.25. The van der Waals surface area contributed by atoms with Crippen LogP contribution in [0.2, 0.25) is 0 Å². The summed E-state index contributed by atoms with van der Waals surface area (Å²) in [6, 6.07) is 0. The Morgan fingerprint density at radius 1 is 0.682 bits per heavy atom. The Balaban J connectivity index is 6.45. The third-order valence-electron chi connectivity index (χ3n) is 2.37. The Bertz CT molecular complexity index is 470. The minimum absolute atomic E-state index is 3.92. The molecule has 0 aliphatic rings. The smallest absolute Gasteiger partial charge is 0.407 e. The van der Waals surface area contributed by atoms with Gasteiger partial charge in [0.2, 0.25) is 0 Å². The topological polar surface area (TPSA) is 74.6 Å². The SMILES string of the molecule is O=C(O)C(F)(F)C(F)(F)C(F)(CC(F)(F)F)C(F)(F)C(=O)O. The number of alkyl halides is 10. The van der Waals surface area contributed by atoms with E-state index in [2.05, 4.69) is 0 Å². The lowest BCUT2D eigenvalue weighted by atomic mass is 9.83. The summed E-state index contributed by atoms with van der Waals surface area (Å²) in [6.07, 6.45) is -10.3. The maximum Gasteiger partial charge on any atom is 0.407 e. The molecule has 1 unspecified atom stereocenters. The van der Waals surface area contributed by atoms with Gasteiger partial charge < -0.3 is 10.2 Å². The van der Waals surface area contributed by atoms with Crippen LogP contribution in [-0.2, 0) is 9.59 Å². The second-order valence-corrected chi connectivity index (χ2v) is 3.93. The van der Waals surface area contributed by atoms with Crippen LogP contribution in [-0.4, -0.2) is 51.8 Å². The number of hydrogen-bond acceptors (Lipinski definition) is 2. The van der Waals surface area contributed by atoms with Crippen molar-refractivity contribution in [3.63, 3.8) is 0 Å². The van der Waals surface area contributed by atoms with Crippen molar-refractivity contribution < 1.29 is 63.7 Å². The summed E-state index contributed by atoms with van der Waals surface area (Å²) in [5.74, 6) is -28.5. The summed E-state index contributed by atoms with van der Waals surface area (Å²) in [4.78, 5) is 19.9. The highest BCUT2D eigenvalue weighted by Gasteiger charge is 2.84. The monoisotopic (exact) mass is 354 g/mol. The van der Waals surface area contributed by atoms with E-state index in [9.17, 15) is 53.5 Å². The van der Waals surface area contributed by atoms with Crippen LogP contribution in [0.5, 0.6) is 0 Å². The van der Waals surface area contributed by atoms with Gasteiger partial charge in [0.05, 0.1) is 6.42 Å². The van der Waals surface area contributed by atoms with Crippen molar-refractivity contribution in [2.45, 2.75) is 36.0 Å². The minimum Gasteiger partial charge on any atom is -0.477 e. The van der Waals surface area contributed by atoms with E-state index in [1.54, 1.807) is 0 Å². The molecule has 0 heterocycles. The first kappa shape index (κ1) is 20.2. The Labute approximate surface area is 113 Å². The number of hydrogen-bond donors (Lipinski definition) is 2. The first-order valence-corrected chi connectivity index (χ1v) is 4.70. The summed E-state index contributed by atoms with van der Waals surface area (Å²) in [7, 11) is 0. The highest BCUT2D eigenvalue weighted by molar-refractivity contribution is 5.80. The predicted molar refractivity (Wildman–Crippen MR) is 44.6 cm³/mol. The highest BCUT2D eigenvalue weighted by atomic mass is 19.4.